The van der Waals surface area contributed by atoms with Crippen LogP contribution < -0.4 is 5.32 Å². The molecule has 1 N–H and O–H groups in total. The molecule has 0 aliphatic carbocycles. The summed E-state index contributed by atoms with van der Waals surface area (Å²) in [6, 6.07) is 9.67. The first kappa shape index (κ1) is 17.8. The maximum Gasteiger partial charge on any atom is 0.254 e. The zero-order chi connectivity index (χ0) is 18.6. The van der Waals surface area contributed by atoms with E-state index in [2.05, 4.69) is 25.8 Å². The first-order valence-electron chi connectivity index (χ1n) is 8.36. The van der Waals surface area contributed by atoms with Crippen molar-refractivity contribution in [1.29, 1.82) is 0 Å². The van der Waals surface area contributed by atoms with Crippen molar-refractivity contribution in [3.05, 3.63) is 58.4 Å². The van der Waals surface area contributed by atoms with Crippen molar-refractivity contribution >= 4 is 34.5 Å². The smallest absolute Gasteiger partial charge is 0.254 e. The van der Waals surface area contributed by atoms with E-state index in [4.69, 9.17) is 21.3 Å². The number of benzene rings is 1. The molecule has 0 aliphatic rings. The van der Waals surface area contributed by atoms with Crippen LogP contribution in [0, 0.1) is 0 Å². The molecule has 0 spiro atoms. The predicted molar refractivity (Wildman–Crippen MR) is 106 cm³/mol. The van der Waals surface area contributed by atoms with Gasteiger partial charge in [0.2, 0.25) is 0 Å². The Morgan fingerprint density at radius 3 is 2.96 bits per heavy atom. The molecule has 27 heavy (non-hydrogen) atoms. The fraction of sp³-hybridized carbons (Fsp3) is 0.222. The van der Waals surface area contributed by atoms with Gasteiger partial charge in [-0.1, -0.05) is 29.8 Å². The summed E-state index contributed by atoms with van der Waals surface area (Å²) in [6.07, 6.45) is 2.26. The van der Waals surface area contributed by atoms with Gasteiger partial charge < -0.3 is 10.1 Å². The third-order valence-corrected chi connectivity index (χ3v) is 5.19. The number of thiazole rings is 1. The zero-order valence-electron chi connectivity index (χ0n) is 14.6. The number of nitrogens with one attached hydrogen (secondary N) is 1. The minimum absolute atomic E-state index is 0.422. The van der Waals surface area contributed by atoms with Crippen LogP contribution in [0.15, 0.2) is 42.0 Å². The second kappa shape index (κ2) is 7.99. The Hall–Kier alpha value is -2.55. The average molecular weight is 401 g/mol. The third-order valence-electron chi connectivity index (χ3n) is 3.94. The third kappa shape index (κ3) is 3.92. The molecule has 0 unspecified atom stereocenters. The summed E-state index contributed by atoms with van der Waals surface area (Å²) in [6.45, 7) is 1.13. The summed E-state index contributed by atoms with van der Waals surface area (Å²) >= 11 is 7.86. The van der Waals surface area contributed by atoms with Crippen LogP contribution in [0.2, 0.25) is 5.02 Å². The molecule has 4 aromatic rings. The van der Waals surface area contributed by atoms with E-state index in [0.29, 0.717) is 24.0 Å². The van der Waals surface area contributed by atoms with E-state index in [1.807, 2.05) is 30.3 Å². The number of anilines is 1. The zero-order valence-corrected chi connectivity index (χ0v) is 16.2. The summed E-state index contributed by atoms with van der Waals surface area (Å²) in [7, 11) is 1.64. The summed E-state index contributed by atoms with van der Waals surface area (Å²) in [4.78, 5) is 13.3. The van der Waals surface area contributed by atoms with Crippen molar-refractivity contribution in [2.24, 2.45) is 0 Å². The predicted octanol–water partition coefficient (Wildman–Crippen LogP) is 3.70. The Kier molecular flexibility index (Phi) is 5.28. The maximum absolute atomic E-state index is 6.26. The lowest BCUT2D eigenvalue weighted by Crippen LogP contribution is -2.11. The van der Waals surface area contributed by atoms with Crippen molar-refractivity contribution in [3.8, 4) is 10.6 Å². The standard InChI is InChI=1S/C18H17ClN6OS/c1-26-9-13-8-16(25-18(24-13)21-11-22-25)20-7-6-12-10-27-17(23-12)14-4-2-3-5-15(14)19/h2-5,8,10-11,20H,6-7,9H2,1H3. The lowest BCUT2D eigenvalue weighted by atomic mass is 10.2. The van der Waals surface area contributed by atoms with Crippen molar-refractivity contribution in [1.82, 2.24) is 24.6 Å². The van der Waals surface area contributed by atoms with Crippen molar-refractivity contribution in [2.45, 2.75) is 13.0 Å². The van der Waals surface area contributed by atoms with Gasteiger partial charge in [0.25, 0.3) is 5.78 Å². The topological polar surface area (TPSA) is 77.2 Å². The molecular weight excluding hydrogens is 384 g/mol. The molecule has 0 saturated heterocycles. The first-order chi connectivity index (χ1) is 13.2. The van der Waals surface area contributed by atoms with E-state index >= 15 is 0 Å². The van der Waals surface area contributed by atoms with Crippen LogP contribution in [0.4, 0.5) is 5.82 Å². The molecule has 1 aromatic carbocycles. The molecule has 138 valence electrons. The fourth-order valence-electron chi connectivity index (χ4n) is 2.71. The molecule has 0 saturated carbocycles. The van der Waals surface area contributed by atoms with Gasteiger partial charge in [0, 0.05) is 37.1 Å². The fourth-order valence-corrected chi connectivity index (χ4v) is 3.88. The quantitative estimate of drug-likeness (QED) is 0.509. The van der Waals surface area contributed by atoms with E-state index in [9.17, 15) is 0 Å². The number of nitrogens with zero attached hydrogens (tertiary/aromatic N) is 5. The lowest BCUT2D eigenvalue weighted by Gasteiger charge is -2.09. The summed E-state index contributed by atoms with van der Waals surface area (Å²) in [5, 5.41) is 11.3. The molecule has 0 bridgehead atoms. The molecule has 0 atom stereocenters. The van der Waals surface area contributed by atoms with Gasteiger partial charge in [-0.2, -0.15) is 14.6 Å². The van der Waals surface area contributed by atoms with E-state index in [1.54, 1.807) is 23.0 Å². The van der Waals surface area contributed by atoms with Crippen LogP contribution in [0.1, 0.15) is 11.4 Å². The second-order valence-corrected chi connectivity index (χ2v) is 7.10. The minimum atomic E-state index is 0.422. The highest BCUT2D eigenvalue weighted by Gasteiger charge is 2.10. The number of fused-ring (bicyclic) bond motifs is 1. The van der Waals surface area contributed by atoms with Gasteiger partial charge in [0.15, 0.2) is 0 Å². The number of hydrogen-bond donors (Lipinski definition) is 1. The van der Waals surface area contributed by atoms with Crippen LogP contribution in [0.5, 0.6) is 0 Å². The Morgan fingerprint density at radius 2 is 2.11 bits per heavy atom. The molecule has 0 fully saturated rings. The highest BCUT2D eigenvalue weighted by atomic mass is 35.5. The molecule has 7 nitrogen and oxygen atoms in total. The minimum Gasteiger partial charge on any atom is -0.378 e. The van der Waals surface area contributed by atoms with Crippen LogP contribution >= 0.6 is 22.9 Å². The first-order valence-corrected chi connectivity index (χ1v) is 9.62. The number of aromatic nitrogens is 5. The molecule has 3 aromatic heterocycles. The average Bonchev–Trinajstić information content (AvgIpc) is 3.32. The van der Waals surface area contributed by atoms with Crippen LogP contribution in [-0.4, -0.2) is 38.2 Å². The number of methoxy groups -OCH3 is 1. The van der Waals surface area contributed by atoms with Crippen LogP contribution in [-0.2, 0) is 17.8 Å². The lowest BCUT2D eigenvalue weighted by molar-refractivity contribution is 0.181. The van der Waals surface area contributed by atoms with Crippen molar-refractivity contribution in [2.75, 3.05) is 19.0 Å². The van der Waals surface area contributed by atoms with Gasteiger partial charge in [-0.25, -0.2) is 9.97 Å². The monoisotopic (exact) mass is 400 g/mol. The largest absolute Gasteiger partial charge is 0.378 e. The van der Waals surface area contributed by atoms with Crippen LogP contribution in [0.25, 0.3) is 16.3 Å². The maximum atomic E-state index is 6.26. The number of rotatable bonds is 7. The molecule has 4 rings (SSSR count). The highest BCUT2D eigenvalue weighted by molar-refractivity contribution is 7.13. The SMILES string of the molecule is COCc1cc(NCCc2csc(-c3ccccc3Cl)n2)n2ncnc2n1. The Balaban J connectivity index is 1.45. The van der Waals surface area contributed by atoms with Crippen molar-refractivity contribution in [3.63, 3.8) is 0 Å². The van der Waals surface area contributed by atoms with E-state index in [1.165, 1.54) is 6.33 Å². The van der Waals surface area contributed by atoms with Gasteiger partial charge in [-0.3, -0.25) is 0 Å². The van der Waals surface area contributed by atoms with Gasteiger partial charge in [-0.05, 0) is 6.07 Å². The van der Waals surface area contributed by atoms with Crippen molar-refractivity contribution < 1.29 is 4.74 Å². The number of halogens is 1. The van der Waals surface area contributed by atoms with E-state index < -0.39 is 0 Å². The highest BCUT2D eigenvalue weighted by Crippen LogP contribution is 2.30. The number of ether oxygens (including phenoxy) is 1. The van der Waals surface area contributed by atoms with E-state index in [-0.39, 0.29) is 0 Å². The van der Waals surface area contributed by atoms with Crippen LogP contribution in [0.3, 0.4) is 0 Å². The van der Waals surface area contributed by atoms with Gasteiger partial charge >= 0.3 is 0 Å². The molecule has 9 heteroatoms. The molecule has 0 radical (unpaired) electrons. The van der Waals surface area contributed by atoms with Gasteiger partial charge in [0.05, 0.1) is 23.0 Å². The number of hydrogen-bond acceptors (Lipinski definition) is 7. The summed E-state index contributed by atoms with van der Waals surface area (Å²) in [5.41, 5.74) is 2.78. The normalized spacial score (nSPS) is 11.2. The van der Waals surface area contributed by atoms with E-state index in [0.717, 1.165) is 34.2 Å². The molecular formula is C18H17ClN6OS. The summed E-state index contributed by atoms with van der Waals surface area (Å²) < 4.78 is 6.85. The second-order valence-electron chi connectivity index (χ2n) is 5.84. The molecule has 0 amide bonds. The molecule has 0 aliphatic heterocycles. The summed E-state index contributed by atoms with van der Waals surface area (Å²) in [5.74, 6) is 1.37. The Bertz CT molecular complexity index is 1060. The van der Waals surface area contributed by atoms with Gasteiger partial charge in [0.1, 0.15) is 17.2 Å². The Labute approximate surface area is 165 Å². The molecule has 3 heterocycles. The Morgan fingerprint density at radius 1 is 1.22 bits per heavy atom. The van der Waals surface area contributed by atoms with Gasteiger partial charge in [-0.15, -0.1) is 11.3 Å².